The first-order chi connectivity index (χ1) is 20.0. The van der Waals surface area contributed by atoms with Gasteiger partial charge in [-0.2, -0.15) is 0 Å². The first-order valence-corrected chi connectivity index (χ1v) is 13.7. The minimum absolute atomic E-state index is 0.0113. The number of nitrogens with one attached hydrogen (secondary N) is 3. The number of hydrogen-bond donors (Lipinski definition) is 8. The summed E-state index contributed by atoms with van der Waals surface area (Å²) in [7, 11) is 0. The fourth-order valence-corrected chi connectivity index (χ4v) is 4.14. The highest BCUT2D eigenvalue weighted by Crippen LogP contribution is 2.12. The SMILES string of the molecule is NCCCCC(NC(=O)C(Cc1ccccc1)NC(=O)C(N)CCC(N)=O)C(=O)NC(Cc1ccc(O)cc1)C(=O)O. The molecule has 228 valence electrons. The van der Waals surface area contributed by atoms with Crippen molar-refractivity contribution < 1.29 is 34.2 Å². The van der Waals surface area contributed by atoms with Crippen LogP contribution in [-0.2, 0) is 36.8 Å². The van der Waals surface area contributed by atoms with Gasteiger partial charge in [-0.1, -0.05) is 42.5 Å². The molecule has 0 saturated carbocycles. The first-order valence-electron chi connectivity index (χ1n) is 13.7. The third-order valence-corrected chi connectivity index (χ3v) is 6.52. The van der Waals surface area contributed by atoms with Gasteiger partial charge in [-0.15, -0.1) is 0 Å². The van der Waals surface area contributed by atoms with Gasteiger partial charge in [0, 0.05) is 19.3 Å². The quantitative estimate of drug-likeness (QED) is 0.105. The molecule has 4 amide bonds. The number of carboxylic acid groups (broad SMARTS) is 1. The molecule has 0 aromatic heterocycles. The van der Waals surface area contributed by atoms with Gasteiger partial charge in [0.15, 0.2) is 0 Å². The summed E-state index contributed by atoms with van der Waals surface area (Å²) in [6.07, 6.45) is 1.11. The van der Waals surface area contributed by atoms with E-state index in [9.17, 15) is 34.2 Å². The van der Waals surface area contributed by atoms with Gasteiger partial charge in [0.25, 0.3) is 0 Å². The summed E-state index contributed by atoms with van der Waals surface area (Å²) >= 11 is 0. The molecule has 13 nitrogen and oxygen atoms in total. The minimum atomic E-state index is -1.31. The molecule has 13 heteroatoms. The molecule has 0 bridgehead atoms. The largest absolute Gasteiger partial charge is 0.508 e. The molecule has 0 radical (unpaired) electrons. The third kappa shape index (κ3) is 11.9. The van der Waals surface area contributed by atoms with Crippen LogP contribution in [0, 0.1) is 0 Å². The van der Waals surface area contributed by atoms with Crippen molar-refractivity contribution in [3.8, 4) is 5.75 Å². The first kappa shape index (κ1) is 33.7. The monoisotopic (exact) mass is 584 g/mol. The van der Waals surface area contributed by atoms with Crippen LogP contribution in [0.5, 0.6) is 5.75 Å². The topological polar surface area (TPSA) is 240 Å². The molecule has 0 aliphatic carbocycles. The van der Waals surface area contributed by atoms with E-state index in [2.05, 4.69) is 16.0 Å². The fraction of sp³-hybridized carbons (Fsp3) is 0.414. The van der Waals surface area contributed by atoms with E-state index in [-0.39, 0.29) is 37.9 Å². The molecular weight excluding hydrogens is 544 g/mol. The number of rotatable bonds is 18. The summed E-state index contributed by atoms with van der Waals surface area (Å²) in [6.45, 7) is 0.358. The van der Waals surface area contributed by atoms with Gasteiger partial charge in [0.1, 0.15) is 23.9 Å². The molecule has 0 heterocycles. The van der Waals surface area contributed by atoms with Crippen LogP contribution < -0.4 is 33.2 Å². The van der Waals surface area contributed by atoms with Crippen LogP contribution in [0.1, 0.15) is 43.2 Å². The summed E-state index contributed by atoms with van der Waals surface area (Å²) in [5, 5.41) is 27.0. The molecule has 0 saturated heterocycles. The maximum Gasteiger partial charge on any atom is 0.326 e. The highest BCUT2D eigenvalue weighted by molar-refractivity contribution is 5.94. The Balaban J connectivity index is 2.21. The van der Waals surface area contributed by atoms with Gasteiger partial charge in [-0.05, 0) is 55.5 Å². The van der Waals surface area contributed by atoms with Crippen LogP contribution in [0.3, 0.4) is 0 Å². The van der Waals surface area contributed by atoms with Crippen molar-refractivity contribution in [2.24, 2.45) is 17.2 Å². The molecule has 4 unspecified atom stereocenters. The molecule has 0 fully saturated rings. The van der Waals surface area contributed by atoms with E-state index < -0.39 is 53.8 Å². The van der Waals surface area contributed by atoms with Gasteiger partial charge >= 0.3 is 5.97 Å². The van der Waals surface area contributed by atoms with E-state index in [1.54, 1.807) is 42.5 Å². The smallest absolute Gasteiger partial charge is 0.326 e. The predicted octanol–water partition coefficient (Wildman–Crippen LogP) is -0.562. The number of aliphatic carboxylic acids is 1. The van der Waals surface area contributed by atoms with Crippen molar-refractivity contribution in [2.75, 3.05) is 6.54 Å². The molecule has 0 spiro atoms. The van der Waals surface area contributed by atoms with Gasteiger partial charge in [-0.25, -0.2) is 4.79 Å². The van der Waals surface area contributed by atoms with Crippen molar-refractivity contribution in [2.45, 2.75) is 69.1 Å². The molecule has 42 heavy (non-hydrogen) atoms. The second kappa shape index (κ2) is 17.4. The number of carbonyl (C=O) groups is 5. The summed E-state index contributed by atoms with van der Waals surface area (Å²) in [5.41, 5.74) is 17.9. The Bertz CT molecular complexity index is 1190. The maximum atomic E-state index is 13.5. The van der Waals surface area contributed by atoms with E-state index >= 15 is 0 Å². The van der Waals surface area contributed by atoms with E-state index in [4.69, 9.17) is 17.2 Å². The number of carboxylic acids is 1. The lowest BCUT2D eigenvalue weighted by Crippen LogP contribution is -2.57. The van der Waals surface area contributed by atoms with Crippen molar-refractivity contribution in [3.63, 3.8) is 0 Å². The second-order valence-electron chi connectivity index (χ2n) is 9.98. The zero-order chi connectivity index (χ0) is 31.1. The average molecular weight is 585 g/mol. The number of hydrogen-bond acceptors (Lipinski definition) is 8. The number of phenols is 1. The molecule has 0 aliphatic heterocycles. The molecule has 2 aromatic rings. The molecular formula is C29H40N6O7. The Hall–Kier alpha value is -4.49. The number of nitrogens with two attached hydrogens (primary N) is 3. The minimum Gasteiger partial charge on any atom is -0.508 e. The van der Waals surface area contributed by atoms with Gasteiger partial charge in [0.05, 0.1) is 6.04 Å². The highest BCUT2D eigenvalue weighted by atomic mass is 16.4. The Labute approximate surface area is 244 Å². The van der Waals surface area contributed by atoms with Crippen LogP contribution in [0.15, 0.2) is 54.6 Å². The lowest BCUT2D eigenvalue weighted by molar-refractivity contribution is -0.142. The van der Waals surface area contributed by atoms with E-state index in [1.807, 2.05) is 0 Å². The summed E-state index contributed by atoms with van der Waals surface area (Å²) in [5.74, 6) is -3.93. The molecule has 0 aliphatic rings. The Morgan fingerprint density at radius 2 is 1.26 bits per heavy atom. The Morgan fingerprint density at radius 3 is 1.86 bits per heavy atom. The number of aromatic hydroxyl groups is 1. The number of primary amides is 1. The van der Waals surface area contributed by atoms with E-state index in [0.29, 0.717) is 24.9 Å². The normalized spacial score (nSPS) is 13.7. The van der Waals surface area contributed by atoms with Gasteiger partial charge < -0.3 is 43.4 Å². The number of benzene rings is 2. The van der Waals surface area contributed by atoms with E-state index in [0.717, 1.165) is 5.56 Å². The number of phenolic OH excluding ortho intramolecular Hbond substituents is 1. The van der Waals surface area contributed by atoms with Crippen LogP contribution in [0.2, 0.25) is 0 Å². The lowest BCUT2D eigenvalue weighted by Gasteiger charge is -2.25. The Morgan fingerprint density at radius 1 is 0.714 bits per heavy atom. The Kier molecular flexibility index (Phi) is 13.9. The van der Waals surface area contributed by atoms with Gasteiger partial charge in [-0.3, -0.25) is 19.2 Å². The fourth-order valence-electron chi connectivity index (χ4n) is 4.14. The summed E-state index contributed by atoms with van der Waals surface area (Å²) < 4.78 is 0. The summed E-state index contributed by atoms with van der Waals surface area (Å²) in [6, 6.07) is 10.1. The number of carbonyl (C=O) groups excluding carboxylic acids is 4. The van der Waals surface area contributed by atoms with Crippen molar-refractivity contribution >= 4 is 29.6 Å². The third-order valence-electron chi connectivity index (χ3n) is 6.52. The van der Waals surface area contributed by atoms with Crippen LogP contribution in [0.4, 0.5) is 0 Å². The van der Waals surface area contributed by atoms with Crippen molar-refractivity contribution in [3.05, 3.63) is 65.7 Å². The molecule has 2 aromatic carbocycles. The highest BCUT2D eigenvalue weighted by Gasteiger charge is 2.30. The number of amides is 4. The lowest BCUT2D eigenvalue weighted by atomic mass is 10.0. The van der Waals surface area contributed by atoms with Crippen LogP contribution in [0.25, 0.3) is 0 Å². The van der Waals surface area contributed by atoms with Crippen LogP contribution in [-0.4, -0.2) is 70.5 Å². The average Bonchev–Trinajstić information content (AvgIpc) is 2.96. The van der Waals surface area contributed by atoms with Gasteiger partial charge in [0.2, 0.25) is 23.6 Å². The molecule has 11 N–H and O–H groups in total. The second-order valence-corrected chi connectivity index (χ2v) is 9.98. The van der Waals surface area contributed by atoms with Crippen molar-refractivity contribution in [1.82, 2.24) is 16.0 Å². The summed E-state index contributed by atoms with van der Waals surface area (Å²) in [4.78, 5) is 62.6. The number of unbranched alkanes of at least 4 members (excludes halogenated alkanes) is 1. The standard InChI is InChI=1S/C29H40N6O7/c30-15-5-4-8-22(27(39)35-24(29(41)42)17-19-9-11-20(36)12-10-19)33-28(40)23(16-18-6-2-1-3-7-18)34-26(38)21(31)13-14-25(32)37/h1-3,6-7,9-12,21-24,36H,4-5,8,13-17,30-31H2,(H2,32,37)(H,33,40)(H,34,38)(H,35,39)(H,41,42). The predicted molar refractivity (Wildman–Crippen MR) is 155 cm³/mol. The zero-order valence-corrected chi connectivity index (χ0v) is 23.3. The zero-order valence-electron chi connectivity index (χ0n) is 23.3. The maximum absolute atomic E-state index is 13.5. The molecule has 2 rings (SSSR count). The molecule has 4 atom stereocenters. The van der Waals surface area contributed by atoms with E-state index in [1.165, 1.54) is 12.1 Å². The van der Waals surface area contributed by atoms with Crippen molar-refractivity contribution in [1.29, 1.82) is 0 Å². The van der Waals surface area contributed by atoms with Crippen LogP contribution >= 0.6 is 0 Å².